The Bertz CT molecular complexity index is 545. The molecule has 0 bridgehead atoms. The minimum absolute atomic E-state index is 0.0523. The second-order valence-corrected chi connectivity index (χ2v) is 5.35. The fraction of sp³-hybridized carbons (Fsp3) is 0.500. The van der Waals surface area contributed by atoms with Crippen LogP contribution in [0.4, 0.5) is 0 Å². The summed E-state index contributed by atoms with van der Waals surface area (Å²) in [6.45, 7) is 2.35. The van der Waals surface area contributed by atoms with E-state index in [0.29, 0.717) is 19.4 Å². The van der Waals surface area contributed by atoms with Crippen molar-refractivity contribution in [3.05, 3.63) is 29.8 Å². The summed E-state index contributed by atoms with van der Waals surface area (Å²) in [5.41, 5.74) is 1.93. The summed E-state index contributed by atoms with van der Waals surface area (Å²) in [6.07, 6.45) is 0.595. The van der Waals surface area contributed by atoms with Gasteiger partial charge in [-0.25, -0.2) is 0 Å². The van der Waals surface area contributed by atoms with Gasteiger partial charge in [-0.15, -0.1) is 0 Å². The number of hydrogen-bond donors (Lipinski definition) is 1. The van der Waals surface area contributed by atoms with Gasteiger partial charge in [0.1, 0.15) is 5.75 Å². The summed E-state index contributed by atoms with van der Waals surface area (Å²) in [5.74, 6) is 0.647. The topological polar surface area (TPSA) is 69.2 Å². The van der Waals surface area contributed by atoms with E-state index in [0.717, 1.165) is 17.0 Å². The molecule has 2 atom stereocenters. The number of nitrogens with one attached hydrogen (secondary N) is 1. The van der Waals surface area contributed by atoms with E-state index in [4.69, 9.17) is 14.3 Å². The van der Waals surface area contributed by atoms with Crippen molar-refractivity contribution in [1.82, 2.24) is 5.32 Å². The van der Waals surface area contributed by atoms with Crippen molar-refractivity contribution in [2.24, 2.45) is 5.16 Å². The minimum Gasteiger partial charge on any atom is -0.497 e. The number of carbonyl (C=O) groups is 1. The van der Waals surface area contributed by atoms with Crippen LogP contribution in [0.3, 0.4) is 0 Å². The molecule has 1 aromatic carbocycles. The van der Waals surface area contributed by atoms with E-state index in [-0.39, 0.29) is 11.9 Å². The molecule has 2 rings (SSSR count). The van der Waals surface area contributed by atoms with Crippen LogP contribution in [-0.4, -0.2) is 44.6 Å². The molecular weight excluding hydrogens is 284 g/mol. The molecule has 0 radical (unpaired) electrons. The summed E-state index contributed by atoms with van der Waals surface area (Å²) in [4.78, 5) is 17.3. The monoisotopic (exact) mass is 306 g/mol. The number of nitrogens with zero attached hydrogens (tertiary/aromatic N) is 1. The van der Waals surface area contributed by atoms with Gasteiger partial charge in [0.05, 0.1) is 19.4 Å². The van der Waals surface area contributed by atoms with Crippen LogP contribution in [0.25, 0.3) is 0 Å². The lowest BCUT2D eigenvalue weighted by atomic mass is 10.0. The molecule has 2 unspecified atom stereocenters. The Labute approximate surface area is 130 Å². The number of benzene rings is 1. The summed E-state index contributed by atoms with van der Waals surface area (Å²) in [5, 5.41) is 6.87. The maximum absolute atomic E-state index is 12.0. The average molecular weight is 306 g/mol. The first-order valence-electron chi connectivity index (χ1n) is 7.26. The van der Waals surface area contributed by atoms with Crippen molar-refractivity contribution in [3.8, 4) is 5.75 Å². The predicted octanol–water partition coefficient (Wildman–Crippen LogP) is 1.53. The van der Waals surface area contributed by atoms with Gasteiger partial charge in [-0.3, -0.25) is 4.79 Å². The molecule has 1 aliphatic heterocycles. The molecule has 1 N–H and O–H groups in total. The molecule has 0 spiro atoms. The Morgan fingerprint density at radius 3 is 3.05 bits per heavy atom. The highest BCUT2D eigenvalue weighted by atomic mass is 16.6. The zero-order valence-corrected chi connectivity index (χ0v) is 13.2. The number of methoxy groups -OCH3 is 2. The molecule has 0 saturated carbocycles. The zero-order chi connectivity index (χ0) is 15.9. The van der Waals surface area contributed by atoms with Crippen LogP contribution in [0.2, 0.25) is 0 Å². The smallest absolute Gasteiger partial charge is 0.264 e. The third-order valence-corrected chi connectivity index (χ3v) is 3.37. The Morgan fingerprint density at radius 2 is 2.32 bits per heavy atom. The van der Waals surface area contributed by atoms with Crippen LogP contribution in [0, 0.1) is 0 Å². The molecule has 1 amide bonds. The fourth-order valence-electron chi connectivity index (χ4n) is 2.32. The molecular formula is C16H22N2O4. The van der Waals surface area contributed by atoms with Gasteiger partial charge in [0.2, 0.25) is 6.10 Å². The van der Waals surface area contributed by atoms with Crippen molar-refractivity contribution in [3.63, 3.8) is 0 Å². The van der Waals surface area contributed by atoms with Crippen molar-refractivity contribution in [1.29, 1.82) is 0 Å². The van der Waals surface area contributed by atoms with Crippen LogP contribution < -0.4 is 10.1 Å². The average Bonchev–Trinajstić information content (AvgIpc) is 2.96. The summed E-state index contributed by atoms with van der Waals surface area (Å²) in [7, 11) is 3.24. The van der Waals surface area contributed by atoms with Gasteiger partial charge in [0.15, 0.2) is 0 Å². The Hall–Kier alpha value is -2.08. The Morgan fingerprint density at radius 1 is 1.50 bits per heavy atom. The van der Waals surface area contributed by atoms with Crippen LogP contribution in [0.1, 0.15) is 18.9 Å². The van der Waals surface area contributed by atoms with Crippen molar-refractivity contribution in [2.75, 3.05) is 20.8 Å². The zero-order valence-electron chi connectivity index (χ0n) is 13.2. The Balaban J connectivity index is 1.85. The third-order valence-electron chi connectivity index (χ3n) is 3.37. The molecule has 0 aromatic heterocycles. The lowest BCUT2D eigenvalue weighted by Crippen LogP contribution is -2.42. The second-order valence-electron chi connectivity index (χ2n) is 5.35. The van der Waals surface area contributed by atoms with Crippen LogP contribution in [0.5, 0.6) is 5.75 Å². The van der Waals surface area contributed by atoms with E-state index < -0.39 is 6.10 Å². The highest BCUT2D eigenvalue weighted by Crippen LogP contribution is 2.18. The van der Waals surface area contributed by atoms with Crippen LogP contribution in [0.15, 0.2) is 29.4 Å². The first kappa shape index (κ1) is 16.3. The highest BCUT2D eigenvalue weighted by molar-refractivity contribution is 5.94. The second kappa shape index (κ2) is 7.79. The van der Waals surface area contributed by atoms with E-state index in [2.05, 4.69) is 10.5 Å². The lowest BCUT2D eigenvalue weighted by Gasteiger charge is -2.15. The Kier molecular flexibility index (Phi) is 5.77. The van der Waals surface area contributed by atoms with E-state index in [1.165, 1.54) is 0 Å². The van der Waals surface area contributed by atoms with Crippen molar-refractivity contribution in [2.45, 2.75) is 31.9 Å². The van der Waals surface area contributed by atoms with E-state index in [1.54, 1.807) is 14.2 Å². The van der Waals surface area contributed by atoms with E-state index >= 15 is 0 Å². The summed E-state index contributed by atoms with van der Waals surface area (Å²) < 4.78 is 10.2. The molecule has 0 aliphatic carbocycles. The maximum Gasteiger partial charge on any atom is 0.264 e. The largest absolute Gasteiger partial charge is 0.497 e. The molecule has 6 heteroatoms. The molecule has 0 saturated heterocycles. The lowest BCUT2D eigenvalue weighted by molar-refractivity contribution is -0.132. The number of ether oxygens (including phenoxy) is 2. The SMILES string of the molecule is COCC(C)NC(=O)C1CC(Cc2cccc(OC)c2)=NO1. The quantitative estimate of drug-likeness (QED) is 0.829. The molecule has 1 aliphatic rings. The van der Waals surface area contributed by atoms with Gasteiger partial charge in [0.25, 0.3) is 5.91 Å². The number of amides is 1. The molecule has 22 heavy (non-hydrogen) atoms. The fourth-order valence-corrected chi connectivity index (χ4v) is 2.32. The first-order valence-corrected chi connectivity index (χ1v) is 7.26. The molecule has 1 heterocycles. The third kappa shape index (κ3) is 4.46. The van der Waals surface area contributed by atoms with Crippen molar-refractivity contribution >= 4 is 11.6 Å². The molecule has 120 valence electrons. The van der Waals surface area contributed by atoms with Gasteiger partial charge in [0, 0.05) is 26.0 Å². The van der Waals surface area contributed by atoms with E-state index in [1.807, 2.05) is 31.2 Å². The van der Waals surface area contributed by atoms with Crippen LogP contribution in [-0.2, 0) is 20.8 Å². The van der Waals surface area contributed by atoms with Gasteiger partial charge in [-0.2, -0.15) is 0 Å². The first-order chi connectivity index (χ1) is 10.6. The molecule has 0 fully saturated rings. The number of hydrogen-bond acceptors (Lipinski definition) is 5. The normalized spacial score (nSPS) is 18.3. The van der Waals surface area contributed by atoms with Gasteiger partial charge >= 0.3 is 0 Å². The number of rotatable bonds is 7. The van der Waals surface area contributed by atoms with Crippen molar-refractivity contribution < 1.29 is 19.1 Å². The molecule has 6 nitrogen and oxygen atoms in total. The van der Waals surface area contributed by atoms with Crippen LogP contribution >= 0.6 is 0 Å². The summed E-state index contributed by atoms with van der Waals surface area (Å²) in [6, 6.07) is 7.73. The van der Waals surface area contributed by atoms with Gasteiger partial charge < -0.3 is 19.6 Å². The molecule has 1 aromatic rings. The highest BCUT2D eigenvalue weighted by Gasteiger charge is 2.28. The maximum atomic E-state index is 12.0. The van der Waals surface area contributed by atoms with Gasteiger partial charge in [-0.1, -0.05) is 17.3 Å². The number of oxime groups is 1. The standard InChI is InChI=1S/C16H22N2O4/c1-11(10-20-2)17-16(19)15-9-13(18-22-15)7-12-5-4-6-14(8-12)21-3/h4-6,8,11,15H,7,9-10H2,1-3H3,(H,17,19). The van der Waals surface area contributed by atoms with E-state index in [9.17, 15) is 4.79 Å². The minimum atomic E-state index is -0.556. The van der Waals surface area contributed by atoms with Gasteiger partial charge in [-0.05, 0) is 24.6 Å². The predicted molar refractivity (Wildman–Crippen MR) is 83.1 cm³/mol. The summed E-state index contributed by atoms with van der Waals surface area (Å²) >= 11 is 0. The number of carbonyl (C=O) groups excluding carboxylic acids is 1.